The zero-order valence-corrected chi connectivity index (χ0v) is 13.7. The molecule has 0 aromatic heterocycles. The van der Waals surface area contributed by atoms with Crippen LogP contribution in [0.15, 0.2) is 34.8 Å². The Kier molecular flexibility index (Phi) is 5.19. The summed E-state index contributed by atoms with van der Waals surface area (Å²) in [4.78, 5) is 0. The van der Waals surface area contributed by atoms with E-state index in [-0.39, 0.29) is 22.6 Å². The van der Waals surface area contributed by atoms with Crippen molar-refractivity contribution < 1.29 is 13.5 Å². The molecule has 1 atom stereocenters. The smallest absolute Gasteiger partial charge is 0.145 e. The number of nitrogens with one attached hydrogen (secondary N) is 1. The lowest BCUT2D eigenvalue weighted by atomic mass is 10.1. The minimum atomic E-state index is -0.583. The summed E-state index contributed by atoms with van der Waals surface area (Å²) in [6.07, 6.45) is 0. The SMILES string of the molecule is CNC(C)c1cc(F)ccc1Oc1cc(F)c(Cl)cc1Br. The Balaban J connectivity index is 2.42. The molecule has 0 bridgehead atoms. The standard InChI is InChI=1S/C15H13BrClF2NO/c1-8(20-2)10-5-9(18)3-4-14(10)21-15-7-13(19)12(17)6-11(15)16/h3-8,20H,1-2H3. The van der Waals surface area contributed by atoms with Crippen molar-refractivity contribution in [2.75, 3.05) is 7.05 Å². The highest BCUT2D eigenvalue weighted by Crippen LogP contribution is 2.36. The molecule has 112 valence electrons. The molecule has 2 rings (SSSR count). The van der Waals surface area contributed by atoms with Crippen molar-refractivity contribution in [2.45, 2.75) is 13.0 Å². The highest BCUT2D eigenvalue weighted by Gasteiger charge is 2.15. The summed E-state index contributed by atoms with van der Waals surface area (Å²) in [5.74, 6) is -0.227. The average Bonchev–Trinajstić information content (AvgIpc) is 2.45. The van der Waals surface area contributed by atoms with E-state index >= 15 is 0 Å². The number of ether oxygens (including phenoxy) is 1. The van der Waals surface area contributed by atoms with E-state index in [1.54, 1.807) is 7.05 Å². The molecular weight excluding hydrogens is 364 g/mol. The number of benzene rings is 2. The van der Waals surface area contributed by atoms with Gasteiger partial charge < -0.3 is 10.1 Å². The van der Waals surface area contributed by atoms with Crippen LogP contribution in [0.4, 0.5) is 8.78 Å². The summed E-state index contributed by atoms with van der Waals surface area (Å²) >= 11 is 8.96. The largest absolute Gasteiger partial charge is 0.456 e. The summed E-state index contributed by atoms with van der Waals surface area (Å²) < 4.78 is 33.2. The van der Waals surface area contributed by atoms with Crippen LogP contribution < -0.4 is 10.1 Å². The molecule has 0 aliphatic heterocycles. The van der Waals surface area contributed by atoms with Gasteiger partial charge in [0.25, 0.3) is 0 Å². The maximum atomic E-state index is 13.5. The maximum Gasteiger partial charge on any atom is 0.145 e. The molecule has 0 saturated heterocycles. The molecule has 0 radical (unpaired) electrons. The zero-order valence-electron chi connectivity index (χ0n) is 11.4. The van der Waals surface area contributed by atoms with Crippen LogP contribution in [0.25, 0.3) is 0 Å². The van der Waals surface area contributed by atoms with Crippen LogP contribution in [0, 0.1) is 11.6 Å². The van der Waals surface area contributed by atoms with Crippen molar-refractivity contribution in [3.8, 4) is 11.5 Å². The van der Waals surface area contributed by atoms with Crippen LogP contribution >= 0.6 is 27.5 Å². The number of hydrogen-bond donors (Lipinski definition) is 1. The van der Waals surface area contributed by atoms with Gasteiger partial charge >= 0.3 is 0 Å². The molecule has 1 N–H and O–H groups in total. The van der Waals surface area contributed by atoms with E-state index in [0.717, 1.165) is 0 Å². The molecule has 2 aromatic carbocycles. The molecule has 1 unspecified atom stereocenters. The molecule has 6 heteroatoms. The Bertz CT molecular complexity index is 666. The Labute approximate surface area is 135 Å². The second-order valence-corrected chi connectivity index (χ2v) is 5.75. The van der Waals surface area contributed by atoms with E-state index in [2.05, 4.69) is 21.2 Å². The molecule has 0 spiro atoms. The van der Waals surface area contributed by atoms with Gasteiger partial charge in [0.1, 0.15) is 23.1 Å². The molecule has 21 heavy (non-hydrogen) atoms. The van der Waals surface area contributed by atoms with E-state index in [1.165, 1.54) is 30.3 Å². The molecule has 0 aliphatic rings. The van der Waals surface area contributed by atoms with E-state index in [1.807, 2.05) is 6.92 Å². The fourth-order valence-corrected chi connectivity index (χ4v) is 2.53. The lowest BCUT2D eigenvalue weighted by Gasteiger charge is -2.17. The molecule has 0 heterocycles. The Morgan fingerprint density at radius 3 is 2.57 bits per heavy atom. The second-order valence-electron chi connectivity index (χ2n) is 4.49. The Morgan fingerprint density at radius 1 is 1.19 bits per heavy atom. The summed E-state index contributed by atoms with van der Waals surface area (Å²) in [5.41, 5.74) is 0.639. The maximum absolute atomic E-state index is 13.5. The lowest BCUT2D eigenvalue weighted by molar-refractivity contribution is 0.456. The molecule has 0 amide bonds. The minimum Gasteiger partial charge on any atom is -0.456 e. The topological polar surface area (TPSA) is 21.3 Å². The van der Waals surface area contributed by atoms with E-state index in [4.69, 9.17) is 16.3 Å². The third-order valence-corrected chi connectivity index (χ3v) is 3.98. The molecular formula is C15H13BrClF2NO. The van der Waals surface area contributed by atoms with Crippen molar-refractivity contribution in [2.24, 2.45) is 0 Å². The Hall–Kier alpha value is -1.17. The number of rotatable bonds is 4. The van der Waals surface area contributed by atoms with Crippen molar-refractivity contribution >= 4 is 27.5 Å². The van der Waals surface area contributed by atoms with Gasteiger partial charge in [-0.15, -0.1) is 0 Å². The van der Waals surface area contributed by atoms with Gasteiger partial charge in [-0.2, -0.15) is 0 Å². The lowest BCUT2D eigenvalue weighted by Crippen LogP contribution is -2.13. The summed E-state index contributed by atoms with van der Waals surface area (Å²) in [6.45, 7) is 1.87. The van der Waals surface area contributed by atoms with Crippen molar-refractivity contribution in [3.05, 3.63) is 57.0 Å². The number of halogens is 4. The summed E-state index contributed by atoms with van der Waals surface area (Å²) in [6, 6.07) is 6.67. The van der Waals surface area contributed by atoms with Gasteiger partial charge in [0.2, 0.25) is 0 Å². The molecule has 0 fully saturated rings. The first-order valence-electron chi connectivity index (χ1n) is 6.21. The first kappa shape index (κ1) is 16.2. The van der Waals surface area contributed by atoms with Crippen LogP contribution in [0.5, 0.6) is 11.5 Å². The van der Waals surface area contributed by atoms with E-state index < -0.39 is 5.82 Å². The first-order valence-corrected chi connectivity index (χ1v) is 7.38. The third kappa shape index (κ3) is 3.73. The zero-order chi connectivity index (χ0) is 15.6. The van der Waals surface area contributed by atoms with Crippen molar-refractivity contribution in [3.63, 3.8) is 0 Å². The summed E-state index contributed by atoms with van der Waals surface area (Å²) in [7, 11) is 1.76. The fourth-order valence-electron chi connectivity index (χ4n) is 1.81. The highest BCUT2D eigenvalue weighted by atomic mass is 79.9. The average molecular weight is 377 g/mol. The summed E-state index contributed by atoms with van der Waals surface area (Å²) in [5, 5.41) is 3.01. The quantitative estimate of drug-likeness (QED) is 0.716. The van der Waals surface area contributed by atoms with Gasteiger partial charge in [-0.25, -0.2) is 8.78 Å². The van der Waals surface area contributed by atoms with E-state index in [9.17, 15) is 8.78 Å². The van der Waals surface area contributed by atoms with Crippen LogP contribution in [-0.4, -0.2) is 7.05 Å². The molecule has 0 aliphatic carbocycles. The third-order valence-electron chi connectivity index (χ3n) is 3.07. The van der Waals surface area contributed by atoms with E-state index in [0.29, 0.717) is 15.8 Å². The van der Waals surface area contributed by atoms with Gasteiger partial charge in [0.15, 0.2) is 0 Å². The predicted molar refractivity (Wildman–Crippen MR) is 83.1 cm³/mol. The molecule has 2 aromatic rings. The predicted octanol–water partition coefficient (Wildman–Crippen LogP) is 5.45. The van der Waals surface area contributed by atoms with Crippen LogP contribution in [0.1, 0.15) is 18.5 Å². The van der Waals surface area contributed by atoms with Gasteiger partial charge in [-0.1, -0.05) is 11.6 Å². The molecule has 2 nitrogen and oxygen atoms in total. The van der Waals surface area contributed by atoms with Crippen LogP contribution in [0.3, 0.4) is 0 Å². The van der Waals surface area contributed by atoms with Crippen LogP contribution in [0.2, 0.25) is 5.02 Å². The molecule has 0 saturated carbocycles. The van der Waals surface area contributed by atoms with Gasteiger partial charge in [0.05, 0.1) is 9.50 Å². The monoisotopic (exact) mass is 375 g/mol. The van der Waals surface area contributed by atoms with Crippen LogP contribution in [-0.2, 0) is 0 Å². The minimum absolute atomic E-state index is 0.00264. The van der Waals surface area contributed by atoms with Crippen molar-refractivity contribution in [1.82, 2.24) is 5.32 Å². The second kappa shape index (κ2) is 6.73. The number of hydrogen-bond acceptors (Lipinski definition) is 2. The van der Waals surface area contributed by atoms with Crippen molar-refractivity contribution in [1.29, 1.82) is 0 Å². The van der Waals surface area contributed by atoms with Gasteiger partial charge in [-0.3, -0.25) is 0 Å². The fraction of sp³-hybridized carbons (Fsp3) is 0.200. The van der Waals surface area contributed by atoms with Gasteiger partial charge in [0, 0.05) is 17.7 Å². The highest BCUT2D eigenvalue weighted by molar-refractivity contribution is 9.10. The normalized spacial score (nSPS) is 12.3. The van der Waals surface area contributed by atoms with Gasteiger partial charge in [-0.05, 0) is 54.2 Å². The Morgan fingerprint density at radius 2 is 1.90 bits per heavy atom. The first-order chi connectivity index (χ1) is 9.92.